The summed E-state index contributed by atoms with van der Waals surface area (Å²) in [6, 6.07) is -0.439. The molecule has 0 spiro atoms. The van der Waals surface area contributed by atoms with Gasteiger partial charge in [0.25, 0.3) is 0 Å². The molecule has 25 heavy (non-hydrogen) atoms. The first-order chi connectivity index (χ1) is 11.5. The van der Waals surface area contributed by atoms with E-state index < -0.39 is 17.9 Å². The van der Waals surface area contributed by atoms with Crippen LogP contribution in [-0.2, 0) is 14.4 Å². The normalized spacial score (nSPS) is 21.5. The lowest BCUT2D eigenvalue weighted by molar-refractivity contribution is -0.146. The van der Waals surface area contributed by atoms with E-state index in [-0.39, 0.29) is 37.1 Å². The predicted octanol–water partition coefficient (Wildman–Crippen LogP) is 1.20. The van der Waals surface area contributed by atoms with E-state index in [0.29, 0.717) is 13.0 Å². The molecule has 1 aliphatic rings. The Labute approximate surface area is 148 Å². The van der Waals surface area contributed by atoms with Gasteiger partial charge in [-0.2, -0.15) is 0 Å². The first-order valence-corrected chi connectivity index (χ1v) is 8.63. The van der Waals surface area contributed by atoms with Crippen LogP contribution in [0.3, 0.4) is 0 Å². The Hall–Kier alpha value is -1.67. The van der Waals surface area contributed by atoms with Crippen LogP contribution in [0.1, 0.15) is 46.5 Å². The summed E-state index contributed by atoms with van der Waals surface area (Å²) < 4.78 is 0. The molecule has 1 fully saturated rings. The van der Waals surface area contributed by atoms with Crippen molar-refractivity contribution in [3.8, 4) is 0 Å². The van der Waals surface area contributed by atoms with E-state index in [2.05, 4.69) is 0 Å². The molecule has 8 nitrogen and oxygen atoms in total. The smallest absolute Gasteiger partial charge is 0.317 e. The molecule has 144 valence electrons. The predicted molar refractivity (Wildman–Crippen MR) is 91.6 cm³/mol. The van der Waals surface area contributed by atoms with Crippen LogP contribution < -0.4 is 0 Å². The van der Waals surface area contributed by atoms with Gasteiger partial charge < -0.3 is 15.3 Å². The van der Waals surface area contributed by atoms with Crippen molar-refractivity contribution in [1.29, 1.82) is 0 Å². The van der Waals surface area contributed by atoms with E-state index in [1.54, 1.807) is 0 Å². The number of carbonyl (C=O) groups is 3. The van der Waals surface area contributed by atoms with Gasteiger partial charge in [0.05, 0.1) is 19.6 Å². The van der Waals surface area contributed by atoms with Crippen LogP contribution in [0, 0.1) is 5.41 Å². The third-order valence-electron chi connectivity index (χ3n) is 4.32. The van der Waals surface area contributed by atoms with Gasteiger partial charge >= 0.3 is 17.9 Å². The van der Waals surface area contributed by atoms with E-state index in [1.165, 1.54) is 4.90 Å². The summed E-state index contributed by atoms with van der Waals surface area (Å²) in [7, 11) is 0. The Morgan fingerprint density at radius 2 is 1.16 bits per heavy atom. The van der Waals surface area contributed by atoms with Crippen molar-refractivity contribution in [2.75, 3.05) is 26.2 Å². The van der Waals surface area contributed by atoms with Crippen LogP contribution in [0.25, 0.3) is 0 Å². The number of aliphatic carboxylic acids is 3. The molecule has 0 saturated heterocycles. The molecule has 1 rings (SSSR count). The summed E-state index contributed by atoms with van der Waals surface area (Å²) >= 11 is 0. The highest BCUT2D eigenvalue weighted by Gasteiger charge is 2.37. The third-order valence-corrected chi connectivity index (χ3v) is 4.32. The van der Waals surface area contributed by atoms with Gasteiger partial charge in [-0.1, -0.05) is 33.6 Å². The van der Waals surface area contributed by atoms with Gasteiger partial charge in [-0.15, -0.1) is 0 Å². The third kappa shape index (κ3) is 7.83. The van der Waals surface area contributed by atoms with Gasteiger partial charge in [0.15, 0.2) is 0 Å². The van der Waals surface area contributed by atoms with Crippen molar-refractivity contribution >= 4 is 17.9 Å². The lowest BCUT2D eigenvalue weighted by Gasteiger charge is -2.45. The van der Waals surface area contributed by atoms with Gasteiger partial charge in [-0.25, -0.2) is 0 Å². The molecule has 2 atom stereocenters. The quantitative estimate of drug-likeness (QED) is 0.563. The van der Waals surface area contributed by atoms with Crippen LogP contribution in [0.5, 0.6) is 0 Å². The minimum absolute atomic E-state index is 0.123. The summed E-state index contributed by atoms with van der Waals surface area (Å²) in [4.78, 5) is 37.0. The van der Waals surface area contributed by atoms with Gasteiger partial charge in [0.1, 0.15) is 0 Å². The molecule has 1 saturated carbocycles. The minimum Gasteiger partial charge on any atom is -0.480 e. The molecule has 0 bridgehead atoms. The SMILES string of the molecule is CC(C)(C)CN(CC(=O)O)C1CCCCC1N(CC(=O)O)CC(=O)O. The fraction of sp³-hybridized carbons (Fsp3) is 0.824. The zero-order valence-electron chi connectivity index (χ0n) is 15.3. The van der Waals surface area contributed by atoms with Crippen molar-refractivity contribution in [3.63, 3.8) is 0 Å². The van der Waals surface area contributed by atoms with Crippen molar-refractivity contribution in [2.24, 2.45) is 5.41 Å². The first kappa shape index (κ1) is 21.4. The molecule has 2 unspecified atom stereocenters. The first-order valence-electron chi connectivity index (χ1n) is 8.63. The lowest BCUT2D eigenvalue weighted by atomic mass is 9.86. The topological polar surface area (TPSA) is 118 Å². The molecule has 0 radical (unpaired) electrons. The average Bonchev–Trinajstić information content (AvgIpc) is 2.43. The maximum absolute atomic E-state index is 11.3. The van der Waals surface area contributed by atoms with Crippen molar-refractivity contribution < 1.29 is 29.7 Å². The fourth-order valence-electron chi connectivity index (χ4n) is 3.65. The largest absolute Gasteiger partial charge is 0.480 e. The Morgan fingerprint density at radius 3 is 1.52 bits per heavy atom. The molecule has 1 aliphatic carbocycles. The van der Waals surface area contributed by atoms with Gasteiger partial charge in [0.2, 0.25) is 0 Å². The van der Waals surface area contributed by atoms with Gasteiger partial charge in [-0.3, -0.25) is 24.2 Å². The van der Waals surface area contributed by atoms with Gasteiger partial charge in [0, 0.05) is 18.6 Å². The molecule has 3 N–H and O–H groups in total. The van der Waals surface area contributed by atoms with E-state index in [0.717, 1.165) is 19.3 Å². The molecule has 0 aromatic carbocycles. The van der Waals surface area contributed by atoms with E-state index in [1.807, 2.05) is 25.7 Å². The Bertz CT molecular complexity index is 472. The summed E-state index contributed by atoms with van der Waals surface area (Å²) in [5, 5.41) is 27.6. The Morgan fingerprint density at radius 1 is 0.800 bits per heavy atom. The molecular weight excluding hydrogens is 328 g/mol. The summed E-state index contributed by atoms with van der Waals surface area (Å²) in [5.74, 6) is -3.09. The Kier molecular flexibility index (Phi) is 7.82. The molecule has 0 heterocycles. The van der Waals surface area contributed by atoms with E-state index in [4.69, 9.17) is 10.2 Å². The monoisotopic (exact) mass is 358 g/mol. The van der Waals surface area contributed by atoms with Gasteiger partial charge in [-0.05, 0) is 18.3 Å². The maximum atomic E-state index is 11.3. The number of hydrogen-bond donors (Lipinski definition) is 3. The number of nitrogens with zero attached hydrogens (tertiary/aromatic N) is 2. The van der Waals surface area contributed by atoms with Crippen LogP contribution in [-0.4, -0.2) is 81.3 Å². The highest BCUT2D eigenvalue weighted by molar-refractivity contribution is 5.72. The minimum atomic E-state index is -1.08. The van der Waals surface area contributed by atoms with E-state index in [9.17, 15) is 19.5 Å². The second kappa shape index (κ2) is 9.15. The zero-order valence-corrected chi connectivity index (χ0v) is 15.3. The summed E-state index contributed by atoms with van der Waals surface area (Å²) in [5.41, 5.74) is -0.123. The highest BCUT2D eigenvalue weighted by atomic mass is 16.4. The van der Waals surface area contributed by atoms with E-state index >= 15 is 0 Å². The van der Waals surface area contributed by atoms with Crippen LogP contribution in [0.2, 0.25) is 0 Å². The van der Waals surface area contributed by atoms with Crippen molar-refractivity contribution in [3.05, 3.63) is 0 Å². The summed E-state index contributed by atoms with van der Waals surface area (Å²) in [6.07, 6.45) is 3.22. The second-order valence-electron chi connectivity index (χ2n) is 7.97. The van der Waals surface area contributed by atoms with Crippen molar-refractivity contribution in [2.45, 2.75) is 58.5 Å². The molecule has 0 aromatic heterocycles. The number of carboxylic acids is 3. The molecular formula is C17H30N2O6. The highest BCUT2D eigenvalue weighted by Crippen LogP contribution is 2.29. The summed E-state index contributed by atoms with van der Waals surface area (Å²) in [6.45, 7) is 5.76. The molecule has 8 heteroatoms. The molecule has 0 aromatic rings. The lowest BCUT2D eigenvalue weighted by Crippen LogP contribution is -2.57. The van der Waals surface area contributed by atoms with Crippen molar-refractivity contribution in [1.82, 2.24) is 9.80 Å². The van der Waals surface area contributed by atoms with Crippen LogP contribution in [0.4, 0.5) is 0 Å². The number of carboxylic acid groups (broad SMARTS) is 3. The molecule has 0 aliphatic heterocycles. The number of rotatable bonds is 9. The van der Waals surface area contributed by atoms with Crippen LogP contribution in [0.15, 0.2) is 0 Å². The zero-order chi connectivity index (χ0) is 19.2. The number of hydrogen-bond acceptors (Lipinski definition) is 5. The Balaban J connectivity index is 3.07. The average molecular weight is 358 g/mol. The standard InChI is InChI=1S/C17H30N2O6/c1-17(2,3)11-19(10-16(24)25)13-7-5-4-6-12(13)18(8-14(20)21)9-15(22)23/h12-13H,4-11H2,1-3H3,(H,20,21)(H,22,23)(H,24,25). The van der Waals surface area contributed by atoms with Crippen LogP contribution >= 0.6 is 0 Å². The second-order valence-corrected chi connectivity index (χ2v) is 7.97. The fourth-order valence-corrected chi connectivity index (χ4v) is 3.65. The maximum Gasteiger partial charge on any atom is 0.317 e. The molecule has 0 amide bonds.